The van der Waals surface area contributed by atoms with Gasteiger partial charge >= 0.3 is 0 Å². The van der Waals surface area contributed by atoms with Crippen LogP contribution in [0, 0.1) is 0 Å². The van der Waals surface area contributed by atoms with Crippen LogP contribution in [0.2, 0.25) is 10.0 Å². The summed E-state index contributed by atoms with van der Waals surface area (Å²) in [5.74, 6) is -0.175. The maximum Gasteiger partial charge on any atom is 0.267 e. The van der Waals surface area contributed by atoms with Gasteiger partial charge in [-0.15, -0.1) is 11.3 Å². The molecule has 1 aliphatic heterocycles. The number of nitrogens with one attached hydrogen (secondary N) is 2. The molecule has 0 spiro atoms. The Balaban J connectivity index is 1.19. The fraction of sp³-hybridized carbons (Fsp3) is 0.192. The lowest BCUT2D eigenvalue weighted by Gasteiger charge is -2.34. The molecule has 1 amide bonds. The Hall–Kier alpha value is -2.57. The maximum atomic E-state index is 12.8. The number of hydrogen-bond donors (Lipinski definition) is 2. The Morgan fingerprint density at radius 2 is 1.64 bits per heavy atom. The lowest BCUT2D eigenvalue weighted by Crippen LogP contribution is -3.13. The second kappa shape index (κ2) is 9.74. The molecule has 7 heteroatoms. The summed E-state index contributed by atoms with van der Waals surface area (Å²) in [6, 6.07) is 23.9. The molecule has 1 aliphatic rings. The fourth-order valence-corrected chi connectivity index (χ4v) is 5.89. The quantitative estimate of drug-likeness (QED) is 0.389. The van der Waals surface area contributed by atoms with Crippen LogP contribution in [0.25, 0.3) is 10.1 Å². The van der Waals surface area contributed by atoms with E-state index in [4.69, 9.17) is 23.2 Å². The van der Waals surface area contributed by atoms with Gasteiger partial charge < -0.3 is 15.1 Å². The predicted octanol–water partition coefficient (Wildman–Crippen LogP) is 5.37. The molecule has 0 unspecified atom stereocenters. The highest BCUT2D eigenvalue weighted by Gasteiger charge is 2.21. The predicted molar refractivity (Wildman–Crippen MR) is 139 cm³/mol. The number of hydrogen-bond acceptors (Lipinski definition) is 3. The standard InChI is InChI=1S/C26H23Cl2N3OS/c27-22-7-3-1-5-18(22)17-30-13-15-31(16-14-30)20-11-9-19(10-12-20)29-26(32)25-24(28)21-6-2-4-8-23(21)33-25/h1-12H,13-17H2,(H,29,32)/p+1. The summed E-state index contributed by atoms with van der Waals surface area (Å²) >= 11 is 14.2. The average molecular weight is 497 g/mol. The van der Waals surface area contributed by atoms with Crippen LogP contribution in [0.1, 0.15) is 15.2 Å². The van der Waals surface area contributed by atoms with Crippen molar-refractivity contribution in [3.63, 3.8) is 0 Å². The zero-order valence-electron chi connectivity index (χ0n) is 18.0. The van der Waals surface area contributed by atoms with Crippen molar-refractivity contribution in [2.75, 3.05) is 36.4 Å². The van der Waals surface area contributed by atoms with Gasteiger partial charge in [0, 0.05) is 32.0 Å². The van der Waals surface area contributed by atoms with Crippen molar-refractivity contribution >= 4 is 61.9 Å². The molecule has 2 heterocycles. The maximum absolute atomic E-state index is 12.8. The summed E-state index contributed by atoms with van der Waals surface area (Å²) in [5.41, 5.74) is 3.14. The van der Waals surface area contributed by atoms with Crippen LogP contribution in [0.15, 0.2) is 72.8 Å². The Kier molecular flexibility index (Phi) is 6.56. The van der Waals surface area contributed by atoms with E-state index in [9.17, 15) is 4.79 Å². The summed E-state index contributed by atoms with van der Waals surface area (Å²) in [6.07, 6.45) is 0. The molecule has 0 bridgehead atoms. The monoisotopic (exact) mass is 496 g/mol. The summed E-state index contributed by atoms with van der Waals surface area (Å²) in [4.78, 5) is 17.3. The highest BCUT2D eigenvalue weighted by atomic mass is 35.5. The summed E-state index contributed by atoms with van der Waals surface area (Å²) in [7, 11) is 0. The van der Waals surface area contributed by atoms with Gasteiger partial charge in [0.05, 0.1) is 31.2 Å². The van der Waals surface area contributed by atoms with Crippen molar-refractivity contribution in [3.8, 4) is 0 Å². The molecule has 3 aromatic carbocycles. The van der Waals surface area contributed by atoms with Gasteiger partial charge in [-0.05, 0) is 36.4 Å². The molecular formula is C26H24Cl2N3OS+. The van der Waals surface area contributed by atoms with Gasteiger partial charge in [-0.25, -0.2) is 0 Å². The van der Waals surface area contributed by atoms with E-state index in [1.807, 2.05) is 54.6 Å². The molecule has 1 fully saturated rings. The van der Waals surface area contributed by atoms with Gasteiger partial charge in [-0.1, -0.05) is 59.6 Å². The molecule has 0 atom stereocenters. The first-order chi connectivity index (χ1) is 16.1. The molecule has 0 radical (unpaired) electrons. The molecule has 0 saturated carbocycles. The van der Waals surface area contributed by atoms with Gasteiger partial charge in [0.2, 0.25) is 0 Å². The van der Waals surface area contributed by atoms with E-state index in [0.29, 0.717) is 9.90 Å². The molecule has 1 saturated heterocycles. The smallest absolute Gasteiger partial charge is 0.267 e. The van der Waals surface area contributed by atoms with E-state index in [2.05, 4.69) is 28.4 Å². The highest BCUT2D eigenvalue weighted by Crippen LogP contribution is 2.35. The van der Waals surface area contributed by atoms with Crippen molar-refractivity contribution in [1.82, 2.24) is 0 Å². The first-order valence-electron chi connectivity index (χ1n) is 11.0. The molecule has 4 aromatic rings. The van der Waals surface area contributed by atoms with E-state index in [0.717, 1.165) is 53.5 Å². The number of quaternary nitrogens is 1. The number of amides is 1. The van der Waals surface area contributed by atoms with Crippen LogP contribution >= 0.6 is 34.5 Å². The molecule has 1 aromatic heterocycles. The van der Waals surface area contributed by atoms with Crippen LogP contribution in [-0.2, 0) is 6.54 Å². The Morgan fingerprint density at radius 1 is 0.939 bits per heavy atom. The van der Waals surface area contributed by atoms with Gasteiger partial charge in [-0.2, -0.15) is 0 Å². The van der Waals surface area contributed by atoms with Gasteiger partial charge in [0.1, 0.15) is 11.4 Å². The zero-order valence-corrected chi connectivity index (χ0v) is 20.3. The minimum atomic E-state index is -0.175. The van der Waals surface area contributed by atoms with Crippen molar-refractivity contribution in [2.24, 2.45) is 0 Å². The van der Waals surface area contributed by atoms with Crippen molar-refractivity contribution in [2.45, 2.75) is 6.54 Å². The SMILES string of the molecule is O=C(Nc1ccc(N2CC[NH+](Cc3ccccc3Cl)CC2)cc1)c1sc2ccccc2c1Cl. The van der Waals surface area contributed by atoms with E-state index >= 15 is 0 Å². The number of carbonyl (C=O) groups excluding carboxylic acids is 1. The number of anilines is 2. The summed E-state index contributed by atoms with van der Waals surface area (Å²) < 4.78 is 1.01. The van der Waals surface area contributed by atoms with Gasteiger partial charge in [0.15, 0.2) is 0 Å². The molecule has 33 heavy (non-hydrogen) atoms. The normalized spacial score (nSPS) is 14.5. The largest absolute Gasteiger partial charge is 0.360 e. The molecule has 168 valence electrons. The second-order valence-electron chi connectivity index (χ2n) is 8.25. The third-order valence-electron chi connectivity index (χ3n) is 6.10. The molecule has 0 aliphatic carbocycles. The summed E-state index contributed by atoms with van der Waals surface area (Å²) in [5, 5.41) is 5.26. The first kappa shape index (κ1) is 22.2. The number of benzene rings is 3. The highest BCUT2D eigenvalue weighted by molar-refractivity contribution is 7.21. The van der Waals surface area contributed by atoms with Crippen molar-refractivity contribution < 1.29 is 9.69 Å². The Morgan fingerprint density at radius 3 is 2.36 bits per heavy atom. The van der Waals surface area contributed by atoms with Crippen LogP contribution < -0.4 is 15.1 Å². The number of piperazine rings is 1. The van der Waals surface area contributed by atoms with E-state index < -0.39 is 0 Å². The topological polar surface area (TPSA) is 36.8 Å². The first-order valence-corrected chi connectivity index (χ1v) is 12.6. The van der Waals surface area contributed by atoms with E-state index in [1.165, 1.54) is 22.6 Å². The van der Waals surface area contributed by atoms with Crippen LogP contribution in [-0.4, -0.2) is 32.1 Å². The third kappa shape index (κ3) is 4.87. The summed E-state index contributed by atoms with van der Waals surface area (Å²) in [6.45, 7) is 5.06. The van der Waals surface area contributed by atoms with Crippen LogP contribution in [0.3, 0.4) is 0 Å². The fourth-order valence-electron chi connectivity index (χ4n) is 4.27. The zero-order chi connectivity index (χ0) is 22.8. The van der Waals surface area contributed by atoms with E-state index in [-0.39, 0.29) is 5.91 Å². The number of carbonyl (C=O) groups is 1. The Bertz CT molecular complexity index is 1280. The minimum absolute atomic E-state index is 0.175. The average Bonchev–Trinajstić information content (AvgIpc) is 3.18. The minimum Gasteiger partial charge on any atom is -0.360 e. The molecular weight excluding hydrogens is 473 g/mol. The van der Waals surface area contributed by atoms with Crippen LogP contribution in [0.4, 0.5) is 11.4 Å². The molecule has 5 rings (SSSR count). The third-order valence-corrected chi connectivity index (χ3v) is 8.14. The number of fused-ring (bicyclic) bond motifs is 1. The number of rotatable bonds is 5. The lowest BCUT2D eigenvalue weighted by atomic mass is 10.2. The second-order valence-corrected chi connectivity index (χ2v) is 10.1. The number of nitrogens with zero attached hydrogens (tertiary/aromatic N) is 1. The molecule has 4 nitrogen and oxygen atoms in total. The van der Waals surface area contributed by atoms with Crippen LogP contribution in [0.5, 0.6) is 0 Å². The molecule has 2 N–H and O–H groups in total. The Labute approximate surface area is 207 Å². The van der Waals surface area contributed by atoms with Gasteiger partial charge in [0.25, 0.3) is 5.91 Å². The van der Waals surface area contributed by atoms with E-state index in [1.54, 1.807) is 4.90 Å². The number of halogens is 2. The van der Waals surface area contributed by atoms with Crippen molar-refractivity contribution in [3.05, 3.63) is 93.3 Å². The van der Waals surface area contributed by atoms with Crippen molar-refractivity contribution in [1.29, 1.82) is 0 Å². The number of thiophene rings is 1. The van der Waals surface area contributed by atoms with Gasteiger partial charge in [-0.3, -0.25) is 4.79 Å². The lowest BCUT2D eigenvalue weighted by molar-refractivity contribution is -0.914.